The topological polar surface area (TPSA) is 114 Å². The molecule has 0 atom stereocenters. The predicted molar refractivity (Wildman–Crippen MR) is 119 cm³/mol. The number of benzene rings is 1. The van der Waals surface area contributed by atoms with Crippen LogP contribution in [0.3, 0.4) is 0 Å². The molecule has 0 spiro atoms. The van der Waals surface area contributed by atoms with Crippen LogP contribution in [0.25, 0.3) is 0 Å². The largest absolute Gasteiger partial charge is 0.399 e. The Bertz CT molecular complexity index is 898. The van der Waals surface area contributed by atoms with Gasteiger partial charge in [-0.1, -0.05) is 18.1 Å². The van der Waals surface area contributed by atoms with Crippen LogP contribution < -0.4 is 27.0 Å². The molecule has 0 aliphatic rings. The van der Waals surface area contributed by atoms with Gasteiger partial charge in [0.15, 0.2) is 11.5 Å². The number of aromatic nitrogens is 2. The fraction of sp³-hybridized carbons (Fsp3) is 0.429. The quantitative estimate of drug-likeness (QED) is 0.398. The van der Waals surface area contributed by atoms with Crippen LogP contribution in [0, 0.1) is 11.8 Å². The Morgan fingerprint density at radius 3 is 2.52 bits per heavy atom. The molecular weight excluding hydrogens is 366 g/mol. The van der Waals surface area contributed by atoms with Gasteiger partial charge in [-0.2, -0.15) is 4.98 Å². The van der Waals surface area contributed by atoms with Gasteiger partial charge in [-0.15, -0.1) is 5.92 Å². The summed E-state index contributed by atoms with van der Waals surface area (Å²) in [7, 11) is 3.65. The van der Waals surface area contributed by atoms with Crippen molar-refractivity contribution in [1.29, 1.82) is 0 Å². The maximum absolute atomic E-state index is 13.0. The van der Waals surface area contributed by atoms with Gasteiger partial charge in [0.2, 0.25) is 5.95 Å². The summed E-state index contributed by atoms with van der Waals surface area (Å²) in [6.07, 6.45) is 0. The summed E-state index contributed by atoms with van der Waals surface area (Å²) in [5.41, 5.74) is 13.6. The number of imidazole rings is 1. The van der Waals surface area contributed by atoms with Crippen molar-refractivity contribution in [2.45, 2.75) is 39.4 Å². The van der Waals surface area contributed by atoms with Gasteiger partial charge in [0.1, 0.15) is 0 Å². The van der Waals surface area contributed by atoms with E-state index >= 15 is 0 Å². The average Bonchev–Trinajstić information content (AvgIpc) is 3.03. The van der Waals surface area contributed by atoms with Crippen molar-refractivity contribution in [3.05, 3.63) is 35.5 Å². The Labute approximate surface area is 172 Å². The van der Waals surface area contributed by atoms with E-state index in [1.807, 2.05) is 54.6 Å². The minimum Gasteiger partial charge on any atom is -0.399 e. The van der Waals surface area contributed by atoms with E-state index in [2.05, 4.69) is 27.5 Å². The van der Waals surface area contributed by atoms with Gasteiger partial charge in [-0.05, 0) is 38.5 Å². The van der Waals surface area contributed by atoms with Crippen LogP contribution in [0.1, 0.15) is 36.8 Å². The Morgan fingerprint density at radius 2 is 1.97 bits per heavy atom. The maximum Gasteiger partial charge on any atom is 0.272 e. The molecule has 0 aliphatic carbocycles. The summed E-state index contributed by atoms with van der Waals surface area (Å²) >= 11 is 0. The molecule has 2 rings (SSSR count). The molecule has 6 N–H and O–H groups in total. The number of rotatable bonds is 8. The Balaban J connectivity index is 2.35. The van der Waals surface area contributed by atoms with Gasteiger partial charge in [-0.25, -0.2) is 0 Å². The number of carbonyl (C=O) groups excluding carboxylic acids is 1. The third kappa shape index (κ3) is 5.90. The lowest BCUT2D eigenvalue weighted by molar-refractivity contribution is 0.0943. The van der Waals surface area contributed by atoms with E-state index in [1.165, 1.54) is 0 Å². The van der Waals surface area contributed by atoms with E-state index < -0.39 is 5.54 Å². The molecule has 1 aromatic carbocycles. The Hall–Kier alpha value is -3.18. The molecule has 0 radical (unpaired) electrons. The summed E-state index contributed by atoms with van der Waals surface area (Å²) in [5, 5.41) is 5.98. The molecule has 0 bridgehead atoms. The van der Waals surface area contributed by atoms with E-state index in [4.69, 9.17) is 11.5 Å². The monoisotopic (exact) mass is 397 g/mol. The zero-order valence-electron chi connectivity index (χ0n) is 17.8. The summed E-state index contributed by atoms with van der Waals surface area (Å²) < 4.78 is 1.81. The van der Waals surface area contributed by atoms with Gasteiger partial charge in [0.25, 0.3) is 5.91 Å². The van der Waals surface area contributed by atoms with Gasteiger partial charge < -0.3 is 27.0 Å². The zero-order valence-corrected chi connectivity index (χ0v) is 17.8. The molecular formula is C21H31N7O. The number of hydrogen-bond acceptors (Lipinski definition) is 6. The first-order valence-electron chi connectivity index (χ1n) is 9.46. The molecule has 29 heavy (non-hydrogen) atoms. The minimum absolute atomic E-state index is 0.233. The number of anilines is 3. The molecule has 2 aromatic rings. The standard InChI is InChI=1S/C21H31N7O/c1-6-7-12-28-17(19(29)25-13-15-8-10-16(22)11-9-15)18(24-4)26-20(28)27(5)14-21(2,3)23/h8-11,24H,12-14,22-23H2,1-5H3,(H,25,29). The third-order valence-electron chi connectivity index (χ3n) is 4.23. The number of nitrogens with one attached hydrogen (secondary N) is 2. The Kier molecular flexibility index (Phi) is 7.13. The van der Waals surface area contributed by atoms with Crippen LogP contribution >= 0.6 is 0 Å². The van der Waals surface area contributed by atoms with Crippen molar-refractivity contribution in [2.75, 3.05) is 36.6 Å². The first kappa shape index (κ1) is 22.1. The highest BCUT2D eigenvalue weighted by Crippen LogP contribution is 2.24. The number of nitrogens with two attached hydrogens (primary N) is 2. The van der Waals surface area contributed by atoms with Crippen LogP contribution in [0.4, 0.5) is 17.5 Å². The summed E-state index contributed by atoms with van der Waals surface area (Å²) in [4.78, 5) is 19.6. The molecule has 0 aliphatic heterocycles. The smallest absolute Gasteiger partial charge is 0.272 e. The summed E-state index contributed by atoms with van der Waals surface area (Å²) in [5.74, 6) is 6.80. The van der Waals surface area contributed by atoms with Crippen LogP contribution in [0.5, 0.6) is 0 Å². The first-order chi connectivity index (χ1) is 13.7. The highest BCUT2D eigenvalue weighted by atomic mass is 16.2. The van der Waals surface area contributed by atoms with Gasteiger partial charge in [0, 0.05) is 38.4 Å². The van der Waals surface area contributed by atoms with Crippen molar-refractivity contribution in [3.8, 4) is 11.8 Å². The number of carbonyl (C=O) groups is 1. The third-order valence-corrected chi connectivity index (χ3v) is 4.23. The number of amides is 1. The second-order valence-corrected chi connectivity index (χ2v) is 7.64. The molecule has 1 heterocycles. The molecule has 8 heteroatoms. The van der Waals surface area contributed by atoms with Crippen molar-refractivity contribution in [3.63, 3.8) is 0 Å². The number of nitrogen functional groups attached to an aromatic ring is 1. The number of likely N-dealkylation sites (N-methyl/N-ethyl adjacent to an activating group) is 1. The zero-order chi connectivity index (χ0) is 21.6. The lowest BCUT2D eigenvalue weighted by Crippen LogP contribution is -2.44. The van der Waals surface area contributed by atoms with Gasteiger partial charge >= 0.3 is 0 Å². The molecule has 8 nitrogen and oxygen atoms in total. The fourth-order valence-electron chi connectivity index (χ4n) is 3.03. The van der Waals surface area contributed by atoms with E-state index in [-0.39, 0.29) is 5.91 Å². The second kappa shape index (κ2) is 9.34. The van der Waals surface area contributed by atoms with Crippen molar-refractivity contribution < 1.29 is 4.79 Å². The summed E-state index contributed by atoms with van der Waals surface area (Å²) in [6.45, 7) is 6.96. The molecule has 156 valence electrons. The molecule has 0 saturated heterocycles. The lowest BCUT2D eigenvalue weighted by Gasteiger charge is -2.27. The van der Waals surface area contributed by atoms with E-state index in [1.54, 1.807) is 14.0 Å². The molecule has 0 unspecified atom stereocenters. The normalized spacial score (nSPS) is 10.8. The van der Waals surface area contributed by atoms with Gasteiger partial charge in [0.05, 0.1) is 6.54 Å². The van der Waals surface area contributed by atoms with Crippen LogP contribution in [0.15, 0.2) is 24.3 Å². The fourth-order valence-corrected chi connectivity index (χ4v) is 3.03. The first-order valence-corrected chi connectivity index (χ1v) is 9.46. The highest BCUT2D eigenvalue weighted by molar-refractivity contribution is 5.98. The second-order valence-electron chi connectivity index (χ2n) is 7.64. The van der Waals surface area contributed by atoms with E-state index in [0.29, 0.717) is 42.8 Å². The molecule has 1 aromatic heterocycles. The highest BCUT2D eigenvalue weighted by Gasteiger charge is 2.26. The van der Waals surface area contributed by atoms with E-state index in [9.17, 15) is 4.79 Å². The van der Waals surface area contributed by atoms with Gasteiger partial charge in [-0.3, -0.25) is 9.36 Å². The summed E-state index contributed by atoms with van der Waals surface area (Å²) in [6, 6.07) is 7.39. The molecule has 0 saturated carbocycles. The van der Waals surface area contributed by atoms with Crippen LogP contribution in [0.2, 0.25) is 0 Å². The number of hydrogen-bond donors (Lipinski definition) is 4. The average molecular weight is 398 g/mol. The maximum atomic E-state index is 13.0. The number of nitrogens with zero attached hydrogens (tertiary/aromatic N) is 3. The van der Waals surface area contributed by atoms with Crippen LogP contribution in [-0.4, -0.2) is 41.6 Å². The molecule has 1 amide bonds. The SMILES string of the molecule is CC#CCn1c(N(C)CC(C)(C)N)nc(NC)c1C(=O)NCc1ccc(N)cc1. The minimum atomic E-state index is -0.417. The van der Waals surface area contributed by atoms with Crippen LogP contribution in [-0.2, 0) is 13.1 Å². The van der Waals surface area contributed by atoms with Crippen molar-refractivity contribution in [2.24, 2.45) is 5.73 Å². The Morgan fingerprint density at radius 1 is 1.31 bits per heavy atom. The van der Waals surface area contributed by atoms with Crippen molar-refractivity contribution in [1.82, 2.24) is 14.9 Å². The molecule has 0 fully saturated rings. The van der Waals surface area contributed by atoms with E-state index in [0.717, 1.165) is 5.56 Å². The lowest BCUT2D eigenvalue weighted by atomic mass is 10.1. The van der Waals surface area contributed by atoms with Crippen molar-refractivity contribution >= 4 is 23.4 Å². The predicted octanol–water partition coefficient (Wildman–Crippen LogP) is 1.63.